The van der Waals surface area contributed by atoms with Gasteiger partial charge in [-0.3, -0.25) is 0 Å². The summed E-state index contributed by atoms with van der Waals surface area (Å²) in [6.07, 6.45) is 6.54. The van der Waals surface area contributed by atoms with Crippen LogP contribution in [0.5, 0.6) is 0 Å². The van der Waals surface area contributed by atoms with Gasteiger partial charge in [-0.1, -0.05) is 12.8 Å². The molecule has 2 fully saturated rings. The molecule has 118 valence electrons. The third-order valence-corrected chi connectivity index (χ3v) is 5.23. The first-order valence-electron chi connectivity index (χ1n) is 8.30. The van der Waals surface area contributed by atoms with Crippen molar-refractivity contribution in [1.29, 1.82) is 0 Å². The van der Waals surface area contributed by atoms with Gasteiger partial charge in [0, 0.05) is 18.3 Å². The van der Waals surface area contributed by atoms with Crippen LogP contribution < -0.4 is 0 Å². The first kappa shape index (κ1) is 16.5. The van der Waals surface area contributed by atoms with Gasteiger partial charge in [0.1, 0.15) is 0 Å². The van der Waals surface area contributed by atoms with Gasteiger partial charge in [-0.15, -0.1) is 5.92 Å². The van der Waals surface area contributed by atoms with Crippen LogP contribution in [0.25, 0.3) is 0 Å². The van der Waals surface area contributed by atoms with Crippen LogP contribution in [0, 0.1) is 35.5 Å². The van der Waals surface area contributed by atoms with Gasteiger partial charge in [0.05, 0.1) is 0 Å². The highest BCUT2D eigenvalue weighted by Crippen LogP contribution is 2.43. The Morgan fingerprint density at radius 1 is 0.857 bits per heavy atom. The number of hydrogen-bond acceptors (Lipinski definition) is 0. The number of rotatable bonds is 2. The molecule has 0 N–H and O–H groups in total. The van der Waals surface area contributed by atoms with E-state index >= 15 is 0 Å². The zero-order chi connectivity index (χ0) is 15.2. The normalized spacial score (nSPS) is 33.0. The third kappa shape index (κ3) is 4.53. The molecular formula is C18H25F3. The SMILES string of the molecule is CCC#CC1CCC(C2CCC(C(F)=C(F)F)CC2)CC1. The smallest absolute Gasteiger partial charge is 0.206 e. The third-order valence-electron chi connectivity index (χ3n) is 5.23. The summed E-state index contributed by atoms with van der Waals surface area (Å²) in [5.74, 6) is 6.69. The van der Waals surface area contributed by atoms with Crippen LogP contribution in [0.15, 0.2) is 11.9 Å². The summed E-state index contributed by atoms with van der Waals surface area (Å²) in [6, 6.07) is 0. The molecule has 0 bridgehead atoms. The Bertz CT molecular complexity index is 409. The second-order valence-corrected chi connectivity index (χ2v) is 6.51. The van der Waals surface area contributed by atoms with Crippen LogP contribution in [0.2, 0.25) is 0 Å². The lowest BCUT2D eigenvalue weighted by Crippen LogP contribution is -2.25. The number of allylic oxidation sites excluding steroid dienone is 1. The van der Waals surface area contributed by atoms with E-state index in [1.807, 2.05) is 0 Å². The molecule has 0 aromatic rings. The van der Waals surface area contributed by atoms with E-state index in [0.717, 1.165) is 19.3 Å². The molecule has 2 aliphatic rings. The second kappa shape index (κ2) is 7.92. The van der Waals surface area contributed by atoms with Crippen molar-refractivity contribution in [2.75, 3.05) is 0 Å². The molecular weight excluding hydrogens is 273 g/mol. The minimum absolute atomic E-state index is 0.530. The maximum atomic E-state index is 13.3. The zero-order valence-electron chi connectivity index (χ0n) is 12.8. The van der Waals surface area contributed by atoms with Gasteiger partial charge in [0.15, 0.2) is 5.83 Å². The lowest BCUT2D eigenvalue weighted by Gasteiger charge is -2.36. The molecule has 0 nitrogen and oxygen atoms in total. The average Bonchev–Trinajstić information content (AvgIpc) is 2.53. The Kier molecular flexibility index (Phi) is 6.21. The molecule has 0 saturated heterocycles. The summed E-state index contributed by atoms with van der Waals surface area (Å²) in [4.78, 5) is 0. The summed E-state index contributed by atoms with van der Waals surface area (Å²) in [5, 5.41) is 0. The van der Waals surface area contributed by atoms with Gasteiger partial charge in [-0.25, -0.2) is 4.39 Å². The fraction of sp³-hybridized carbons (Fsp3) is 0.778. The van der Waals surface area contributed by atoms with E-state index in [1.54, 1.807) is 0 Å². The lowest BCUT2D eigenvalue weighted by atomic mass is 9.69. The molecule has 2 aliphatic carbocycles. The van der Waals surface area contributed by atoms with E-state index in [9.17, 15) is 13.2 Å². The standard InChI is InChI=1S/C18H25F3/c1-2-3-4-13-5-7-14(8-6-13)15-9-11-16(12-10-15)17(19)18(20)21/h13-16H,2,5-12H2,1H3. The Hall–Kier alpha value is -0.910. The van der Waals surface area contributed by atoms with Crippen LogP contribution in [0.3, 0.4) is 0 Å². The predicted molar refractivity (Wildman–Crippen MR) is 79.3 cm³/mol. The highest BCUT2D eigenvalue weighted by molar-refractivity contribution is 5.05. The van der Waals surface area contributed by atoms with Gasteiger partial charge in [-0.05, 0) is 63.2 Å². The monoisotopic (exact) mass is 298 g/mol. The molecule has 0 aliphatic heterocycles. The molecule has 0 aromatic heterocycles. The topological polar surface area (TPSA) is 0 Å². The Morgan fingerprint density at radius 3 is 1.86 bits per heavy atom. The molecule has 0 radical (unpaired) electrons. The van der Waals surface area contributed by atoms with E-state index in [1.165, 1.54) is 25.7 Å². The Morgan fingerprint density at radius 2 is 1.38 bits per heavy atom. The van der Waals surface area contributed by atoms with Crippen molar-refractivity contribution in [3.63, 3.8) is 0 Å². The molecule has 2 rings (SSSR count). The first-order valence-corrected chi connectivity index (χ1v) is 8.30. The van der Waals surface area contributed by atoms with Crippen molar-refractivity contribution in [1.82, 2.24) is 0 Å². The highest BCUT2D eigenvalue weighted by atomic mass is 19.3. The van der Waals surface area contributed by atoms with Gasteiger partial charge in [0.2, 0.25) is 0 Å². The maximum absolute atomic E-state index is 13.3. The molecule has 0 amide bonds. The minimum atomic E-state index is -2.12. The molecule has 0 atom stereocenters. The summed E-state index contributed by atoms with van der Waals surface area (Å²) in [5.41, 5.74) is 0. The van der Waals surface area contributed by atoms with Crippen LogP contribution in [0.1, 0.15) is 64.7 Å². The summed E-state index contributed by atoms with van der Waals surface area (Å²) in [6.45, 7) is 2.07. The van der Waals surface area contributed by atoms with Crippen molar-refractivity contribution in [3.05, 3.63) is 11.9 Å². The first-order chi connectivity index (χ1) is 10.1. The molecule has 3 heteroatoms. The summed E-state index contributed by atoms with van der Waals surface area (Å²) < 4.78 is 37.9. The van der Waals surface area contributed by atoms with Crippen molar-refractivity contribution in [3.8, 4) is 11.8 Å². The molecule has 0 spiro atoms. The van der Waals surface area contributed by atoms with Gasteiger partial charge in [-0.2, -0.15) is 8.78 Å². The van der Waals surface area contributed by atoms with E-state index < -0.39 is 17.8 Å². The Balaban J connectivity index is 1.78. The largest absolute Gasteiger partial charge is 0.301 e. The maximum Gasteiger partial charge on any atom is 0.301 e. The number of halogens is 3. The summed E-state index contributed by atoms with van der Waals surface area (Å²) in [7, 11) is 0. The molecule has 0 heterocycles. The van der Waals surface area contributed by atoms with E-state index in [-0.39, 0.29) is 0 Å². The predicted octanol–water partition coefficient (Wildman–Crippen LogP) is 6.09. The molecule has 2 saturated carbocycles. The van der Waals surface area contributed by atoms with Crippen LogP contribution in [-0.4, -0.2) is 0 Å². The van der Waals surface area contributed by atoms with E-state index in [2.05, 4.69) is 18.8 Å². The average molecular weight is 298 g/mol. The van der Waals surface area contributed by atoms with Gasteiger partial charge >= 0.3 is 6.08 Å². The van der Waals surface area contributed by atoms with Crippen molar-refractivity contribution >= 4 is 0 Å². The lowest BCUT2D eigenvalue weighted by molar-refractivity contribution is 0.155. The van der Waals surface area contributed by atoms with E-state index in [0.29, 0.717) is 30.6 Å². The molecule has 21 heavy (non-hydrogen) atoms. The fourth-order valence-corrected chi connectivity index (χ4v) is 3.98. The zero-order valence-corrected chi connectivity index (χ0v) is 12.8. The highest BCUT2D eigenvalue weighted by Gasteiger charge is 2.32. The van der Waals surface area contributed by atoms with Crippen LogP contribution in [0.4, 0.5) is 13.2 Å². The fourth-order valence-electron chi connectivity index (χ4n) is 3.98. The second-order valence-electron chi connectivity index (χ2n) is 6.51. The Labute approximate surface area is 126 Å². The quantitative estimate of drug-likeness (QED) is 0.541. The minimum Gasteiger partial charge on any atom is -0.206 e. The van der Waals surface area contributed by atoms with Crippen LogP contribution in [-0.2, 0) is 0 Å². The van der Waals surface area contributed by atoms with Gasteiger partial charge in [0.25, 0.3) is 0 Å². The number of hydrogen-bond donors (Lipinski definition) is 0. The van der Waals surface area contributed by atoms with Crippen molar-refractivity contribution in [2.45, 2.75) is 64.7 Å². The van der Waals surface area contributed by atoms with Crippen molar-refractivity contribution < 1.29 is 13.2 Å². The molecule has 0 aromatic carbocycles. The van der Waals surface area contributed by atoms with E-state index in [4.69, 9.17) is 0 Å². The van der Waals surface area contributed by atoms with Crippen LogP contribution >= 0.6 is 0 Å². The molecule has 0 unspecified atom stereocenters. The van der Waals surface area contributed by atoms with Gasteiger partial charge < -0.3 is 0 Å². The van der Waals surface area contributed by atoms with Crippen molar-refractivity contribution in [2.24, 2.45) is 23.7 Å². The summed E-state index contributed by atoms with van der Waals surface area (Å²) >= 11 is 0.